The molecule has 2 aromatic carbocycles. The fraction of sp³-hybridized carbons (Fsp3) is 0.381. The number of rotatable bonds is 11. The van der Waals surface area contributed by atoms with Gasteiger partial charge in [-0.15, -0.1) is 0 Å². The monoisotopic (exact) mass is 404 g/mol. The van der Waals surface area contributed by atoms with E-state index in [2.05, 4.69) is 5.32 Å². The van der Waals surface area contributed by atoms with Crippen LogP contribution in [0.3, 0.4) is 0 Å². The topological polar surface area (TPSA) is 75.7 Å². The molecule has 1 N–H and O–H groups in total. The average molecular weight is 405 g/mol. The third-order valence-electron chi connectivity index (χ3n) is 4.17. The zero-order valence-electron chi connectivity index (χ0n) is 16.4. The molecule has 1 amide bonds. The number of nitrogens with zero attached hydrogens (tertiary/aromatic N) is 1. The Labute approximate surface area is 167 Å². The quantitative estimate of drug-likeness (QED) is 0.585. The highest BCUT2D eigenvalue weighted by Crippen LogP contribution is 2.18. The van der Waals surface area contributed by atoms with E-state index in [4.69, 9.17) is 4.74 Å². The Hall–Kier alpha value is -2.22. The van der Waals surface area contributed by atoms with Gasteiger partial charge in [-0.05, 0) is 38.0 Å². The Balaban J connectivity index is 2.12. The fourth-order valence-corrected chi connectivity index (χ4v) is 4.03. The summed E-state index contributed by atoms with van der Waals surface area (Å²) in [7, 11) is -3.80. The van der Waals surface area contributed by atoms with Crippen LogP contribution in [0.1, 0.15) is 24.5 Å². The molecule has 0 bridgehead atoms. The number of hydrogen-bond acceptors (Lipinski definition) is 4. The number of carbonyl (C=O) groups excluding carboxylic acids is 1. The summed E-state index contributed by atoms with van der Waals surface area (Å²) in [5.74, 6) is -0.330. The van der Waals surface area contributed by atoms with Crippen LogP contribution in [0, 0.1) is 6.92 Å². The lowest BCUT2D eigenvalue weighted by atomic mass is 10.1. The summed E-state index contributed by atoms with van der Waals surface area (Å²) < 4.78 is 32.6. The number of benzene rings is 2. The van der Waals surface area contributed by atoms with E-state index in [0.29, 0.717) is 26.2 Å². The molecule has 0 heterocycles. The molecule has 2 aromatic rings. The van der Waals surface area contributed by atoms with Gasteiger partial charge in [0.1, 0.15) is 0 Å². The van der Waals surface area contributed by atoms with E-state index in [-0.39, 0.29) is 23.9 Å². The normalized spacial score (nSPS) is 11.5. The van der Waals surface area contributed by atoms with Crippen molar-refractivity contribution < 1.29 is 17.9 Å². The minimum absolute atomic E-state index is 0.129. The molecule has 0 aliphatic heterocycles. The first-order valence-corrected chi connectivity index (χ1v) is 10.8. The van der Waals surface area contributed by atoms with Crippen LogP contribution in [0.5, 0.6) is 0 Å². The molecule has 28 heavy (non-hydrogen) atoms. The molecule has 0 atom stereocenters. The molecular weight excluding hydrogens is 376 g/mol. The van der Waals surface area contributed by atoms with Gasteiger partial charge in [-0.1, -0.05) is 48.0 Å². The van der Waals surface area contributed by atoms with Crippen molar-refractivity contribution in [2.24, 2.45) is 0 Å². The maximum Gasteiger partial charge on any atom is 0.243 e. The van der Waals surface area contributed by atoms with Gasteiger partial charge in [0.15, 0.2) is 0 Å². The standard InChI is InChI=1S/C21H28N2O4S/c1-3-27-15-7-14-22-21(24)17-23(16-19-12-10-18(2)11-13-19)28(25,26)20-8-5-4-6-9-20/h4-6,8-13H,3,7,14-17H2,1-2H3,(H,22,24). The van der Waals surface area contributed by atoms with Gasteiger partial charge >= 0.3 is 0 Å². The molecule has 0 spiro atoms. The van der Waals surface area contributed by atoms with Crippen molar-refractivity contribution in [3.63, 3.8) is 0 Å². The van der Waals surface area contributed by atoms with E-state index in [0.717, 1.165) is 11.1 Å². The van der Waals surface area contributed by atoms with Gasteiger partial charge in [-0.3, -0.25) is 4.79 Å². The molecule has 0 fully saturated rings. The first-order valence-electron chi connectivity index (χ1n) is 9.38. The lowest BCUT2D eigenvalue weighted by Crippen LogP contribution is -2.40. The van der Waals surface area contributed by atoms with Crippen LogP contribution in [-0.4, -0.2) is 44.9 Å². The first kappa shape index (κ1) is 22.1. The average Bonchev–Trinajstić information content (AvgIpc) is 2.69. The number of sulfonamides is 1. The molecule has 7 heteroatoms. The zero-order chi connectivity index (χ0) is 20.4. The van der Waals surface area contributed by atoms with Crippen LogP contribution in [0.2, 0.25) is 0 Å². The van der Waals surface area contributed by atoms with E-state index < -0.39 is 10.0 Å². The number of aryl methyl sites for hydroxylation is 1. The molecule has 0 aliphatic rings. The lowest BCUT2D eigenvalue weighted by molar-refractivity contribution is -0.121. The molecule has 152 valence electrons. The summed E-state index contributed by atoms with van der Waals surface area (Å²) in [6.07, 6.45) is 0.684. The summed E-state index contributed by atoms with van der Waals surface area (Å²) in [5.41, 5.74) is 1.92. The molecule has 2 rings (SSSR count). The Morgan fingerprint density at radius 3 is 2.39 bits per heavy atom. The summed E-state index contributed by atoms with van der Waals surface area (Å²) in [6, 6.07) is 15.8. The van der Waals surface area contributed by atoms with Gasteiger partial charge in [0, 0.05) is 26.3 Å². The van der Waals surface area contributed by atoms with Gasteiger partial charge in [-0.25, -0.2) is 8.42 Å². The number of amides is 1. The van der Waals surface area contributed by atoms with Crippen LogP contribution in [0.4, 0.5) is 0 Å². The van der Waals surface area contributed by atoms with Crippen molar-refractivity contribution >= 4 is 15.9 Å². The Morgan fingerprint density at radius 2 is 1.75 bits per heavy atom. The predicted molar refractivity (Wildman–Crippen MR) is 109 cm³/mol. The van der Waals surface area contributed by atoms with Crippen molar-refractivity contribution in [3.05, 3.63) is 65.7 Å². The molecule has 0 aliphatic carbocycles. The maximum absolute atomic E-state index is 13.1. The smallest absolute Gasteiger partial charge is 0.243 e. The van der Waals surface area contributed by atoms with Gasteiger partial charge in [0.05, 0.1) is 11.4 Å². The Kier molecular flexibility index (Phi) is 8.63. The fourth-order valence-electron chi connectivity index (χ4n) is 2.63. The van der Waals surface area contributed by atoms with E-state index in [1.165, 1.54) is 16.4 Å². The van der Waals surface area contributed by atoms with Gasteiger partial charge < -0.3 is 10.1 Å². The predicted octanol–water partition coefficient (Wildman–Crippen LogP) is 2.73. The molecule has 0 unspecified atom stereocenters. The van der Waals surface area contributed by atoms with Crippen LogP contribution in [-0.2, 0) is 26.1 Å². The highest BCUT2D eigenvalue weighted by Gasteiger charge is 2.26. The van der Waals surface area contributed by atoms with Gasteiger partial charge in [0.25, 0.3) is 0 Å². The van der Waals surface area contributed by atoms with Crippen LogP contribution < -0.4 is 5.32 Å². The number of ether oxygens (including phenoxy) is 1. The van der Waals surface area contributed by atoms with E-state index in [9.17, 15) is 13.2 Å². The molecule has 0 saturated carbocycles. The van der Waals surface area contributed by atoms with E-state index in [1.807, 2.05) is 38.1 Å². The van der Waals surface area contributed by atoms with Crippen molar-refractivity contribution in [1.29, 1.82) is 0 Å². The van der Waals surface area contributed by atoms with E-state index in [1.54, 1.807) is 18.2 Å². The van der Waals surface area contributed by atoms with Crippen LogP contribution in [0.25, 0.3) is 0 Å². The SMILES string of the molecule is CCOCCCNC(=O)CN(Cc1ccc(C)cc1)S(=O)(=O)c1ccccc1. The third-order valence-corrected chi connectivity index (χ3v) is 5.98. The van der Waals surface area contributed by atoms with Crippen molar-refractivity contribution in [2.45, 2.75) is 31.7 Å². The summed E-state index contributed by atoms with van der Waals surface area (Å²) in [5, 5.41) is 2.77. The Bertz CT molecular complexity index is 836. The zero-order valence-corrected chi connectivity index (χ0v) is 17.2. The second kappa shape index (κ2) is 10.9. The molecule has 6 nitrogen and oxygen atoms in total. The minimum atomic E-state index is -3.80. The van der Waals surface area contributed by atoms with Gasteiger partial charge in [-0.2, -0.15) is 4.31 Å². The molecule has 0 saturated heterocycles. The summed E-state index contributed by atoms with van der Waals surface area (Å²) >= 11 is 0. The highest BCUT2D eigenvalue weighted by atomic mass is 32.2. The number of carbonyl (C=O) groups is 1. The first-order chi connectivity index (χ1) is 13.4. The largest absolute Gasteiger partial charge is 0.382 e. The molecular formula is C21H28N2O4S. The summed E-state index contributed by atoms with van der Waals surface area (Å²) in [6.45, 7) is 5.42. The third kappa shape index (κ3) is 6.74. The maximum atomic E-state index is 13.1. The second-order valence-electron chi connectivity index (χ2n) is 6.47. The van der Waals surface area contributed by atoms with Gasteiger partial charge in [0.2, 0.25) is 15.9 Å². The van der Waals surface area contributed by atoms with E-state index >= 15 is 0 Å². The Morgan fingerprint density at radius 1 is 1.07 bits per heavy atom. The molecule has 0 aromatic heterocycles. The highest BCUT2D eigenvalue weighted by molar-refractivity contribution is 7.89. The van der Waals surface area contributed by atoms with Crippen LogP contribution in [0.15, 0.2) is 59.5 Å². The minimum Gasteiger partial charge on any atom is -0.382 e. The number of hydrogen-bond donors (Lipinski definition) is 1. The number of nitrogens with one attached hydrogen (secondary N) is 1. The van der Waals surface area contributed by atoms with Crippen LogP contribution >= 0.6 is 0 Å². The molecule has 0 radical (unpaired) electrons. The van der Waals surface area contributed by atoms with Crippen molar-refractivity contribution in [3.8, 4) is 0 Å². The van der Waals surface area contributed by atoms with Crippen molar-refractivity contribution in [1.82, 2.24) is 9.62 Å². The van der Waals surface area contributed by atoms with Crippen molar-refractivity contribution in [2.75, 3.05) is 26.3 Å². The lowest BCUT2D eigenvalue weighted by Gasteiger charge is -2.22. The second-order valence-corrected chi connectivity index (χ2v) is 8.41. The summed E-state index contributed by atoms with van der Waals surface area (Å²) in [4.78, 5) is 12.5.